The van der Waals surface area contributed by atoms with E-state index >= 15 is 0 Å². The van der Waals surface area contributed by atoms with Crippen molar-refractivity contribution in [3.05, 3.63) is 58.6 Å². The molecule has 1 aliphatic rings. The van der Waals surface area contributed by atoms with E-state index in [1.165, 1.54) is 0 Å². The third-order valence-electron chi connectivity index (χ3n) is 4.22. The molecule has 0 unspecified atom stereocenters. The summed E-state index contributed by atoms with van der Waals surface area (Å²) in [4.78, 5) is 15.8. The molecule has 1 aliphatic heterocycles. The van der Waals surface area contributed by atoms with Gasteiger partial charge in [-0.1, -0.05) is 41.4 Å². The van der Waals surface area contributed by atoms with Crippen LogP contribution in [0.4, 0.5) is 29.2 Å². The highest BCUT2D eigenvalue weighted by atomic mass is 35.5. The largest absolute Gasteiger partial charge is 0.341 e. The van der Waals surface area contributed by atoms with E-state index in [2.05, 4.69) is 30.5 Å². The number of aromatic nitrogens is 3. The molecule has 0 atom stereocenters. The molecular formula is C19H18Cl2N6. The Bertz CT molecular complexity index is 929. The van der Waals surface area contributed by atoms with E-state index in [0.29, 0.717) is 27.9 Å². The molecule has 138 valence electrons. The van der Waals surface area contributed by atoms with Gasteiger partial charge in [-0.3, -0.25) is 0 Å². The molecule has 27 heavy (non-hydrogen) atoms. The summed E-state index contributed by atoms with van der Waals surface area (Å²) in [5, 5.41) is 7.40. The van der Waals surface area contributed by atoms with Crippen molar-refractivity contribution in [3.63, 3.8) is 0 Å². The predicted octanol–water partition coefficient (Wildman–Crippen LogP) is 5.27. The SMILES string of the molecule is Clc1ccc(Nc2nc(Nc3ccccc3)nc(N3CCCC3)n2)cc1Cl. The first kappa shape index (κ1) is 17.8. The van der Waals surface area contributed by atoms with Crippen LogP contribution in [0.2, 0.25) is 10.0 Å². The van der Waals surface area contributed by atoms with Gasteiger partial charge in [0, 0.05) is 24.5 Å². The lowest BCUT2D eigenvalue weighted by Gasteiger charge is -2.17. The Morgan fingerprint density at radius 3 is 2.07 bits per heavy atom. The van der Waals surface area contributed by atoms with Gasteiger partial charge in [-0.15, -0.1) is 0 Å². The molecule has 8 heteroatoms. The molecule has 1 saturated heterocycles. The van der Waals surface area contributed by atoms with Crippen molar-refractivity contribution < 1.29 is 0 Å². The third-order valence-corrected chi connectivity index (χ3v) is 4.96. The minimum Gasteiger partial charge on any atom is -0.341 e. The minimum absolute atomic E-state index is 0.448. The summed E-state index contributed by atoms with van der Waals surface area (Å²) in [7, 11) is 0. The fourth-order valence-corrected chi connectivity index (χ4v) is 3.19. The highest BCUT2D eigenvalue weighted by Crippen LogP contribution is 2.27. The monoisotopic (exact) mass is 400 g/mol. The fourth-order valence-electron chi connectivity index (χ4n) is 2.89. The molecule has 4 rings (SSSR count). The summed E-state index contributed by atoms with van der Waals surface area (Å²) >= 11 is 12.1. The van der Waals surface area contributed by atoms with Crippen LogP contribution in [0.25, 0.3) is 0 Å². The average molecular weight is 401 g/mol. The van der Waals surface area contributed by atoms with Crippen LogP contribution in [0.1, 0.15) is 12.8 Å². The number of anilines is 5. The molecule has 0 spiro atoms. The second-order valence-corrected chi connectivity index (χ2v) is 7.04. The molecule has 0 saturated carbocycles. The van der Waals surface area contributed by atoms with E-state index < -0.39 is 0 Å². The normalized spacial score (nSPS) is 13.6. The molecule has 1 aromatic heterocycles. The Balaban J connectivity index is 1.65. The molecule has 0 bridgehead atoms. The van der Waals surface area contributed by atoms with E-state index in [4.69, 9.17) is 23.2 Å². The number of hydrogen-bond donors (Lipinski definition) is 2. The molecular weight excluding hydrogens is 383 g/mol. The van der Waals surface area contributed by atoms with Gasteiger partial charge in [0.2, 0.25) is 17.8 Å². The zero-order valence-electron chi connectivity index (χ0n) is 14.5. The summed E-state index contributed by atoms with van der Waals surface area (Å²) < 4.78 is 0. The van der Waals surface area contributed by atoms with Crippen LogP contribution in [-0.4, -0.2) is 28.0 Å². The molecule has 2 N–H and O–H groups in total. The molecule has 1 fully saturated rings. The number of hydrogen-bond acceptors (Lipinski definition) is 6. The standard InChI is InChI=1S/C19H18Cl2N6/c20-15-9-8-14(12-16(15)21)23-18-24-17(22-13-6-2-1-3-7-13)25-19(26-18)27-10-4-5-11-27/h1-3,6-9,12H,4-5,10-11H2,(H2,22,23,24,25,26). The van der Waals surface area contributed by atoms with Crippen LogP contribution in [0.15, 0.2) is 48.5 Å². The molecule has 3 aromatic rings. The van der Waals surface area contributed by atoms with Crippen molar-refractivity contribution in [2.75, 3.05) is 28.6 Å². The van der Waals surface area contributed by atoms with E-state index in [9.17, 15) is 0 Å². The number of nitrogens with zero attached hydrogens (tertiary/aromatic N) is 4. The van der Waals surface area contributed by atoms with E-state index in [1.54, 1.807) is 12.1 Å². The zero-order valence-corrected chi connectivity index (χ0v) is 16.0. The van der Waals surface area contributed by atoms with Crippen molar-refractivity contribution in [2.24, 2.45) is 0 Å². The average Bonchev–Trinajstić information content (AvgIpc) is 3.20. The topological polar surface area (TPSA) is 66.0 Å². The van der Waals surface area contributed by atoms with Gasteiger partial charge in [-0.05, 0) is 43.2 Å². The van der Waals surface area contributed by atoms with Gasteiger partial charge < -0.3 is 15.5 Å². The Morgan fingerprint density at radius 2 is 1.41 bits per heavy atom. The van der Waals surface area contributed by atoms with Crippen molar-refractivity contribution in [1.82, 2.24) is 15.0 Å². The van der Waals surface area contributed by atoms with Crippen molar-refractivity contribution in [3.8, 4) is 0 Å². The van der Waals surface area contributed by atoms with Gasteiger partial charge in [0.15, 0.2) is 0 Å². The number of rotatable bonds is 5. The lowest BCUT2D eigenvalue weighted by molar-refractivity contribution is 0.886. The van der Waals surface area contributed by atoms with Gasteiger partial charge in [0.25, 0.3) is 0 Å². The number of para-hydroxylation sites is 1. The summed E-state index contributed by atoms with van der Waals surface area (Å²) in [6.45, 7) is 1.89. The van der Waals surface area contributed by atoms with Crippen LogP contribution in [-0.2, 0) is 0 Å². The highest BCUT2D eigenvalue weighted by Gasteiger charge is 2.18. The summed E-state index contributed by atoms with van der Waals surface area (Å²) in [6.07, 6.45) is 2.28. The van der Waals surface area contributed by atoms with Gasteiger partial charge in [0.1, 0.15) is 0 Å². The quantitative estimate of drug-likeness (QED) is 0.608. The molecule has 2 aromatic carbocycles. The predicted molar refractivity (Wildman–Crippen MR) is 111 cm³/mol. The molecule has 6 nitrogen and oxygen atoms in total. The fraction of sp³-hybridized carbons (Fsp3) is 0.211. The van der Waals surface area contributed by atoms with Crippen LogP contribution < -0.4 is 15.5 Å². The Kier molecular flexibility index (Phi) is 5.27. The maximum Gasteiger partial charge on any atom is 0.233 e. The summed E-state index contributed by atoms with van der Waals surface area (Å²) in [6, 6.07) is 15.1. The summed E-state index contributed by atoms with van der Waals surface area (Å²) in [5.41, 5.74) is 1.67. The van der Waals surface area contributed by atoms with Crippen LogP contribution >= 0.6 is 23.2 Å². The summed E-state index contributed by atoms with van der Waals surface area (Å²) in [5.74, 6) is 1.59. The van der Waals surface area contributed by atoms with Gasteiger partial charge in [-0.25, -0.2) is 0 Å². The van der Waals surface area contributed by atoms with Gasteiger partial charge in [0.05, 0.1) is 10.0 Å². The van der Waals surface area contributed by atoms with Gasteiger partial charge >= 0.3 is 0 Å². The third kappa shape index (κ3) is 4.40. The molecule has 0 amide bonds. The minimum atomic E-state index is 0.448. The molecule has 0 radical (unpaired) electrons. The maximum atomic E-state index is 6.11. The first-order chi connectivity index (χ1) is 13.2. The van der Waals surface area contributed by atoms with Crippen LogP contribution in [0.3, 0.4) is 0 Å². The van der Waals surface area contributed by atoms with Crippen molar-refractivity contribution >= 4 is 52.4 Å². The Hall–Kier alpha value is -2.57. The first-order valence-electron chi connectivity index (χ1n) is 8.72. The smallest absolute Gasteiger partial charge is 0.233 e. The second kappa shape index (κ2) is 7.98. The Morgan fingerprint density at radius 1 is 0.741 bits per heavy atom. The van der Waals surface area contributed by atoms with E-state index in [0.717, 1.165) is 37.3 Å². The van der Waals surface area contributed by atoms with Crippen LogP contribution in [0.5, 0.6) is 0 Å². The number of halogens is 2. The lowest BCUT2D eigenvalue weighted by atomic mass is 10.3. The van der Waals surface area contributed by atoms with E-state index in [-0.39, 0.29) is 0 Å². The number of nitrogens with one attached hydrogen (secondary N) is 2. The van der Waals surface area contributed by atoms with E-state index in [1.807, 2.05) is 36.4 Å². The first-order valence-corrected chi connectivity index (χ1v) is 9.48. The van der Waals surface area contributed by atoms with Gasteiger partial charge in [-0.2, -0.15) is 15.0 Å². The maximum absolute atomic E-state index is 6.11. The van der Waals surface area contributed by atoms with Crippen molar-refractivity contribution in [1.29, 1.82) is 0 Å². The molecule has 0 aliphatic carbocycles. The Labute approximate surface area is 167 Å². The lowest BCUT2D eigenvalue weighted by Crippen LogP contribution is -2.21. The van der Waals surface area contributed by atoms with Crippen molar-refractivity contribution in [2.45, 2.75) is 12.8 Å². The molecule has 2 heterocycles. The second-order valence-electron chi connectivity index (χ2n) is 6.22. The zero-order chi connectivity index (χ0) is 18.6. The van der Waals surface area contributed by atoms with Crippen LogP contribution in [0, 0.1) is 0 Å². The number of benzene rings is 2. The highest BCUT2D eigenvalue weighted by molar-refractivity contribution is 6.42.